The van der Waals surface area contributed by atoms with Crippen LogP contribution < -0.4 is 15.4 Å². The van der Waals surface area contributed by atoms with Crippen molar-refractivity contribution < 1.29 is 19.4 Å². The second-order valence-corrected chi connectivity index (χ2v) is 10.8. The van der Waals surface area contributed by atoms with Crippen molar-refractivity contribution >= 4 is 36.2 Å². The SMILES string of the molecule is C=NC(=NC=Nc1ccc(N2CCN(C3COC3)CC2)cc1)c1ccc(O[C@@H]2CCCN(C(=O)[C@H](C)O)C2)c(C#N)c1.CN. The summed E-state index contributed by atoms with van der Waals surface area (Å²) in [6.45, 7) is 11.8. The summed E-state index contributed by atoms with van der Waals surface area (Å²) in [5, 5.41) is 19.4. The third-order valence-corrected chi connectivity index (χ3v) is 7.90. The number of ether oxygens (including phenoxy) is 2. The molecule has 1 amide bonds. The van der Waals surface area contributed by atoms with Crippen LogP contribution >= 0.6 is 0 Å². The number of nitrogens with zero attached hydrogens (tertiary/aromatic N) is 7. The highest BCUT2D eigenvalue weighted by Gasteiger charge is 2.29. The zero-order valence-corrected chi connectivity index (χ0v) is 25.5. The van der Waals surface area contributed by atoms with Gasteiger partial charge in [0.05, 0.1) is 37.1 Å². The molecule has 3 aliphatic rings. The molecule has 2 aromatic rings. The molecule has 234 valence electrons. The average Bonchev–Trinajstić information content (AvgIpc) is 3.04. The average molecular weight is 603 g/mol. The fourth-order valence-corrected chi connectivity index (χ4v) is 5.42. The van der Waals surface area contributed by atoms with E-state index in [4.69, 9.17) is 9.47 Å². The number of piperazine rings is 1. The maximum atomic E-state index is 12.2. The van der Waals surface area contributed by atoms with E-state index in [-0.39, 0.29) is 12.0 Å². The monoisotopic (exact) mass is 602 g/mol. The molecule has 3 N–H and O–H groups in total. The van der Waals surface area contributed by atoms with Crippen molar-refractivity contribution in [2.75, 3.05) is 64.4 Å². The Labute approximate surface area is 259 Å². The number of amidine groups is 1. The Kier molecular flexibility index (Phi) is 12.0. The van der Waals surface area contributed by atoms with Gasteiger partial charge in [-0.25, -0.2) is 15.0 Å². The van der Waals surface area contributed by atoms with Gasteiger partial charge in [-0.2, -0.15) is 5.26 Å². The molecule has 2 atom stereocenters. The molecule has 5 rings (SSSR count). The van der Waals surface area contributed by atoms with Crippen LogP contribution in [0.4, 0.5) is 11.4 Å². The molecule has 12 heteroatoms. The Balaban J connectivity index is 0.00000216. The summed E-state index contributed by atoms with van der Waals surface area (Å²) in [5.74, 6) is 0.441. The van der Waals surface area contributed by atoms with Crippen molar-refractivity contribution in [3.63, 3.8) is 0 Å². The number of likely N-dealkylation sites (tertiary alicyclic amines) is 1. The summed E-state index contributed by atoms with van der Waals surface area (Å²) in [7, 11) is 1.50. The Bertz CT molecular complexity index is 1360. The smallest absolute Gasteiger partial charge is 0.251 e. The Morgan fingerprint density at radius 3 is 2.50 bits per heavy atom. The van der Waals surface area contributed by atoms with E-state index in [1.54, 1.807) is 23.1 Å². The number of carbonyl (C=O) groups is 1. The molecule has 12 nitrogen and oxygen atoms in total. The minimum Gasteiger partial charge on any atom is -0.487 e. The minimum absolute atomic E-state index is 0.268. The number of anilines is 1. The van der Waals surface area contributed by atoms with Gasteiger partial charge in [-0.3, -0.25) is 9.69 Å². The molecule has 3 fully saturated rings. The first kappa shape index (κ1) is 32.8. The zero-order chi connectivity index (χ0) is 31.5. The fraction of sp³-hybridized carbons (Fsp3) is 0.469. The first-order valence-corrected chi connectivity index (χ1v) is 14.9. The van der Waals surface area contributed by atoms with Gasteiger partial charge < -0.3 is 30.1 Å². The molecule has 0 spiro atoms. The van der Waals surface area contributed by atoms with Crippen molar-refractivity contribution in [2.45, 2.75) is 38.0 Å². The molecule has 3 saturated heterocycles. The number of benzene rings is 2. The molecule has 0 unspecified atom stereocenters. The number of hydrogen-bond acceptors (Lipinski definition) is 9. The Morgan fingerprint density at radius 1 is 1.16 bits per heavy atom. The van der Waals surface area contributed by atoms with Crippen LogP contribution in [0.15, 0.2) is 57.4 Å². The summed E-state index contributed by atoms with van der Waals surface area (Å²) in [6.07, 6.45) is 1.63. The molecule has 0 saturated carbocycles. The molecule has 2 aromatic carbocycles. The Hall–Kier alpha value is -4.15. The molecule has 44 heavy (non-hydrogen) atoms. The molecule has 0 aromatic heterocycles. The van der Waals surface area contributed by atoms with Crippen LogP contribution in [0.2, 0.25) is 0 Å². The van der Waals surface area contributed by atoms with Crippen molar-refractivity contribution in [3.8, 4) is 11.8 Å². The summed E-state index contributed by atoms with van der Waals surface area (Å²) in [5.41, 5.74) is 7.39. The molecule has 3 aliphatic heterocycles. The van der Waals surface area contributed by atoms with E-state index in [0.29, 0.717) is 41.8 Å². The van der Waals surface area contributed by atoms with E-state index in [2.05, 4.69) is 55.4 Å². The van der Waals surface area contributed by atoms with Crippen molar-refractivity contribution in [1.82, 2.24) is 9.80 Å². The number of aliphatic hydroxyl groups excluding tert-OH is 1. The maximum Gasteiger partial charge on any atom is 0.251 e. The highest BCUT2D eigenvalue weighted by molar-refractivity contribution is 6.05. The zero-order valence-electron chi connectivity index (χ0n) is 25.5. The topological polar surface area (TPSA) is 152 Å². The Morgan fingerprint density at radius 2 is 1.89 bits per heavy atom. The van der Waals surface area contributed by atoms with Gasteiger partial charge in [0.1, 0.15) is 30.4 Å². The largest absolute Gasteiger partial charge is 0.487 e. The van der Waals surface area contributed by atoms with Gasteiger partial charge in [-0.1, -0.05) is 0 Å². The van der Waals surface area contributed by atoms with E-state index < -0.39 is 6.10 Å². The van der Waals surface area contributed by atoms with Crippen LogP contribution in [0.3, 0.4) is 0 Å². The van der Waals surface area contributed by atoms with E-state index >= 15 is 0 Å². The van der Waals surface area contributed by atoms with Crippen LogP contribution in [0.5, 0.6) is 5.75 Å². The first-order chi connectivity index (χ1) is 21.4. The van der Waals surface area contributed by atoms with Crippen LogP contribution in [-0.4, -0.2) is 117 Å². The molecule has 3 heterocycles. The van der Waals surface area contributed by atoms with E-state index in [9.17, 15) is 15.2 Å². The van der Waals surface area contributed by atoms with Gasteiger partial charge in [-0.15, -0.1) is 0 Å². The summed E-state index contributed by atoms with van der Waals surface area (Å²) in [6, 6.07) is 16.0. The highest BCUT2D eigenvalue weighted by Crippen LogP contribution is 2.25. The molecular formula is C32H42N8O4. The van der Waals surface area contributed by atoms with Crippen molar-refractivity contribution in [3.05, 3.63) is 53.6 Å². The third-order valence-electron chi connectivity index (χ3n) is 7.90. The molecule has 0 radical (unpaired) electrons. The van der Waals surface area contributed by atoms with E-state index in [1.807, 2.05) is 12.1 Å². The van der Waals surface area contributed by atoms with Gasteiger partial charge in [-0.05, 0) is 76.0 Å². The van der Waals surface area contributed by atoms with Crippen LogP contribution in [-0.2, 0) is 9.53 Å². The highest BCUT2D eigenvalue weighted by atomic mass is 16.5. The lowest BCUT2D eigenvalue weighted by atomic mass is 10.1. The number of piperidine rings is 1. The predicted molar refractivity (Wildman–Crippen MR) is 172 cm³/mol. The number of hydrogen-bond donors (Lipinski definition) is 2. The normalized spacial score (nSPS) is 20.2. The van der Waals surface area contributed by atoms with Gasteiger partial charge in [0.15, 0.2) is 5.84 Å². The minimum atomic E-state index is -1.05. The lowest BCUT2D eigenvalue weighted by Crippen LogP contribution is -2.56. The molecule has 0 bridgehead atoms. The van der Waals surface area contributed by atoms with Gasteiger partial charge in [0.25, 0.3) is 5.91 Å². The number of nitrogens with two attached hydrogens (primary N) is 1. The number of aliphatic hydroxyl groups is 1. The lowest BCUT2D eigenvalue weighted by molar-refractivity contribution is -0.141. The van der Waals surface area contributed by atoms with Gasteiger partial charge >= 0.3 is 0 Å². The fourth-order valence-electron chi connectivity index (χ4n) is 5.42. The maximum absolute atomic E-state index is 12.2. The third kappa shape index (κ3) is 8.27. The first-order valence-electron chi connectivity index (χ1n) is 14.9. The number of carbonyl (C=O) groups excluding carboxylic acids is 1. The van der Waals surface area contributed by atoms with Crippen molar-refractivity contribution in [1.29, 1.82) is 5.26 Å². The second-order valence-electron chi connectivity index (χ2n) is 10.8. The lowest BCUT2D eigenvalue weighted by Gasteiger charge is -2.43. The summed E-state index contributed by atoms with van der Waals surface area (Å²) >= 11 is 0. The van der Waals surface area contributed by atoms with Crippen LogP contribution in [0, 0.1) is 11.3 Å². The number of amides is 1. The molecular weight excluding hydrogens is 560 g/mol. The van der Waals surface area contributed by atoms with Crippen LogP contribution in [0.1, 0.15) is 30.9 Å². The summed E-state index contributed by atoms with van der Waals surface area (Å²) < 4.78 is 11.4. The van der Waals surface area contributed by atoms with Crippen molar-refractivity contribution in [2.24, 2.45) is 20.7 Å². The second kappa shape index (κ2) is 16.1. The number of rotatable bonds is 8. The van der Waals surface area contributed by atoms with E-state index in [0.717, 1.165) is 57.9 Å². The quantitative estimate of drug-likeness (QED) is 0.345. The number of nitriles is 1. The summed E-state index contributed by atoms with van der Waals surface area (Å²) in [4.78, 5) is 31.6. The molecule has 0 aliphatic carbocycles. The number of aliphatic imine (C=N–C) groups is 3. The van der Waals surface area contributed by atoms with Crippen LogP contribution in [0.25, 0.3) is 0 Å². The predicted octanol–water partition coefficient (Wildman–Crippen LogP) is 2.21. The van der Waals surface area contributed by atoms with E-state index in [1.165, 1.54) is 26.0 Å². The standard InChI is InChI=1S/C31H37N7O4.CH5N/c1-22(39)31(40)38-11-3-4-28(18-38)42-29-10-5-23(16-24(29)17-32)30(33-2)35-21-34-25-6-8-26(9-7-25)36-12-14-37(15-13-36)27-19-41-20-27;1-2/h5-10,16,21-22,27-28,39H,2-4,11-15,18-20H2,1H3;2H2,1H3/t22-,28+;/m0./s1. The van der Waals surface area contributed by atoms with Gasteiger partial charge in [0, 0.05) is 44.0 Å². The van der Waals surface area contributed by atoms with Gasteiger partial charge in [0.2, 0.25) is 0 Å².